The Morgan fingerprint density at radius 2 is 1.40 bits per heavy atom. The van der Waals surface area contributed by atoms with Crippen molar-refractivity contribution in [1.82, 2.24) is 0 Å². The molecule has 222 valence electrons. The summed E-state index contributed by atoms with van der Waals surface area (Å²) in [6.07, 6.45) is 3.81. The number of carboxylic acid groups (broad SMARTS) is 2. The summed E-state index contributed by atoms with van der Waals surface area (Å²) in [5.74, 6) is -2.96. The Bertz CT molecular complexity index is 1960. The SMILES string of the molecule is Nc1ccc(N=Nc2ccc(-c3ccc(NN=C4C=CC(=O)C(C(=O)O)=C4)cc3)cc2)c(N)c1N=Nc1cccc(C(=O)O)c1. The van der Waals surface area contributed by atoms with Crippen LogP contribution in [0.4, 0.5) is 39.8 Å². The first-order chi connectivity index (χ1) is 21.7. The first-order valence-corrected chi connectivity index (χ1v) is 13.2. The molecule has 13 nitrogen and oxygen atoms in total. The number of nitrogens with two attached hydrogens (primary N) is 2. The fraction of sp³-hybridized carbons (Fsp3) is 0. The van der Waals surface area contributed by atoms with Crippen LogP contribution in [0.25, 0.3) is 11.1 Å². The molecule has 4 aromatic carbocycles. The van der Waals surface area contributed by atoms with Gasteiger partial charge in [0.05, 0.1) is 39.7 Å². The van der Waals surface area contributed by atoms with Crippen molar-refractivity contribution < 1.29 is 24.6 Å². The molecule has 1 aliphatic rings. The Kier molecular flexibility index (Phi) is 8.61. The van der Waals surface area contributed by atoms with Gasteiger partial charge in [-0.15, -0.1) is 10.2 Å². The van der Waals surface area contributed by atoms with E-state index in [1.165, 1.54) is 24.3 Å². The second-order valence-corrected chi connectivity index (χ2v) is 9.53. The number of carboxylic acids is 2. The molecule has 1 aliphatic carbocycles. The molecule has 0 aromatic heterocycles. The van der Waals surface area contributed by atoms with Crippen LogP contribution in [-0.4, -0.2) is 33.6 Å². The number of nitrogen functional groups attached to an aromatic ring is 2. The van der Waals surface area contributed by atoms with Crippen molar-refractivity contribution in [3.05, 3.63) is 114 Å². The monoisotopic (exact) mass is 600 g/mol. The number of benzene rings is 4. The van der Waals surface area contributed by atoms with E-state index in [-0.39, 0.29) is 28.2 Å². The van der Waals surface area contributed by atoms with Gasteiger partial charge in [0.25, 0.3) is 0 Å². The van der Waals surface area contributed by atoms with Gasteiger partial charge in [-0.2, -0.15) is 15.3 Å². The molecule has 0 atom stereocenters. The fourth-order valence-electron chi connectivity index (χ4n) is 4.08. The van der Waals surface area contributed by atoms with Gasteiger partial charge in [-0.25, -0.2) is 9.59 Å². The number of carbonyl (C=O) groups excluding carboxylic acids is 1. The van der Waals surface area contributed by atoms with Gasteiger partial charge < -0.3 is 21.7 Å². The Morgan fingerprint density at radius 3 is 2.09 bits per heavy atom. The van der Waals surface area contributed by atoms with E-state index in [1.807, 2.05) is 36.4 Å². The number of rotatable bonds is 9. The number of anilines is 3. The van der Waals surface area contributed by atoms with Gasteiger partial charge in [-0.3, -0.25) is 10.2 Å². The number of hydrogen-bond donors (Lipinski definition) is 5. The number of carbonyl (C=O) groups is 3. The summed E-state index contributed by atoms with van der Waals surface area (Å²) in [4.78, 5) is 34.0. The van der Waals surface area contributed by atoms with Crippen LogP contribution >= 0.6 is 0 Å². The number of ketones is 1. The van der Waals surface area contributed by atoms with Crippen LogP contribution < -0.4 is 16.9 Å². The van der Waals surface area contributed by atoms with E-state index in [0.29, 0.717) is 28.5 Å². The molecule has 0 saturated heterocycles. The lowest BCUT2D eigenvalue weighted by Crippen LogP contribution is -2.15. The Balaban J connectivity index is 1.25. The summed E-state index contributed by atoms with van der Waals surface area (Å²) >= 11 is 0. The van der Waals surface area contributed by atoms with E-state index in [1.54, 1.807) is 36.4 Å². The molecule has 5 rings (SSSR count). The zero-order valence-corrected chi connectivity index (χ0v) is 23.3. The molecule has 0 spiro atoms. The third kappa shape index (κ3) is 7.18. The molecule has 0 heterocycles. The maximum Gasteiger partial charge on any atom is 0.339 e. The van der Waals surface area contributed by atoms with Crippen LogP contribution in [0, 0.1) is 0 Å². The van der Waals surface area contributed by atoms with Gasteiger partial charge in [0.2, 0.25) is 0 Å². The Hall–Kier alpha value is -6.76. The van der Waals surface area contributed by atoms with Crippen LogP contribution in [0.2, 0.25) is 0 Å². The van der Waals surface area contributed by atoms with Crippen molar-refractivity contribution >= 4 is 63.2 Å². The first kappa shape index (κ1) is 29.7. The summed E-state index contributed by atoms with van der Waals surface area (Å²) in [5.41, 5.74) is 19.6. The summed E-state index contributed by atoms with van der Waals surface area (Å²) in [7, 11) is 0. The minimum absolute atomic E-state index is 0.0742. The average molecular weight is 601 g/mol. The highest BCUT2D eigenvalue weighted by molar-refractivity contribution is 6.29. The van der Waals surface area contributed by atoms with Crippen molar-refractivity contribution in [1.29, 1.82) is 0 Å². The molecular weight excluding hydrogens is 576 g/mol. The molecule has 0 aliphatic heterocycles. The Labute approximate surface area is 255 Å². The largest absolute Gasteiger partial charge is 0.478 e. The number of nitrogens with one attached hydrogen (secondary N) is 1. The number of nitrogens with zero attached hydrogens (tertiary/aromatic N) is 5. The lowest BCUT2D eigenvalue weighted by molar-refractivity contribution is -0.134. The van der Waals surface area contributed by atoms with Crippen molar-refractivity contribution in [2.24, 2.45) is 25.6 Å². The van der Waals surface area contributed by atoms with Crippen LogP contribution in [-0.2, 0) is 9.59 Å². The van der Waals surface area contributed by atoms with Crippen LogP contribution in [0.15, 0.2) is 134 Å². The molecular formula is C32H24N8O5. The minimum Gasteiger partial charge on any atom is -0.478 e. The van der Waals surface area contributed by atoms with Gasteiger partial charge >= 0.3 is 11.9 Å². The number of aliphatic carboxylic acids is 1. The van der Waals surface area contributed by atoms with Crippen molar-refractivity contribution in [3.63, 3.8) is 0 Å². The van der Waals surface area contributed by atoms with Crippen molar-refractivity contribution in [2.75, 3.05) is 16.9 Å². The number of azo groups is 2. The molecule has 0 amide bonds. The molecule has 4 aromatic rings. The van der Waals surface area contributed by atoms with E-state index < -0.39 is 17.7 Å². The molecule has 7 N–H and O–H groups in total. The first-order valence-electron chi connectivity index (χ1n) is 13.2. The summed E-state index contributed by atoms with van der Waals surface area (Å²) in [6, 6.07) is 23.9. The van der Waals surface area contributed by atoms with Gasteiger partial charge in [-0.1, -0.05) is 30.3 Å². The lowest BCUT2D eigenvalue weighted by Gasteiger charge is -2.07. The smallest absolute Gasteiger partial charge is 0.339 e. The van der Waals surface area contributed by atoms with E-state index in [9.17, 15) is 19.5 Å². The zero-order valence-electron chi connectivity index (χ0n) is 23.3. The van der Waals surface area contributed by atoms with Gasteiger partial charge in [0, 0.05) is 0 Å². The van der Waals surface area contributed by atoms with Crippen LogP contribution in [0.5, 0.6) is 0 Å². The Morgan fingerprint density at radius 1 is 0.711 bits per heavy atom. The van der Waals surface area contributed by atoms with E-state index in [0.717, 1.165) is 17.2 Å². The van der Waals surface area contributed by atoms with E-state index in [2.05, 4.69) is 31.0 Å². The van der Waals surface area contributed by atoms with Crippen LogP contribution in [0.3, 0.4) is 0 Å². The highest BCUT2D eigenvalue weighted by atomic mass is 16.4. The van der Waals surface area contributed by atoms with Crippen molar-refractivity contribution in [3.8, 4) is 11.1 Å². The highest BCUT2D eigenvalue weighted by Gasteiger charge is 2.18. The standard InChI is InChI=1S/C32H24N8O5/c33-26-13-14-27(29(34)30(26)40-38-23-3-1-2-20(16-23)31(42)43)39-36-22-10-6-19(7-11-22)18-4-8-21(9-5-18)35-37-24-12-15-28(41)25(17-24)32(44)45/h1-17,35H,33-34H2,(H,42,43)(H,44,45). The molecule has 0 saturated carbocycles. The third-order valence-electron chi connectivity index (χ3n) is 6.45. The summed E-state index contributed by atoms with van der Waals surface area (Å²) in [6.45, 7) is 0. The van der Waals surface area contributed by atoms with E-state index >= 15 is 0 Å². The van der Waals surface area contributed by atoms with E-state index in [4.69, 9.17) is 16.6 Å². The molecule has 0 bridgehead atoms. The maximum atomic E-state index is 11.6. The third-order valence-corrected chi connectivity index (χ3v) is 6.45. The number of aromatic carboxylic acids is 1. The van der Waals surface area contributed by atoms with Gasteiger partial charge in [-0.05, 0) is 84.0 Å². The predicted octanol–water partition coefficient (Wildman–Crippen LogP) is 6.96. The average Bonchev–Trinajstić information content (AvgIpc) is 3.04. The molecule has 0 radical (unpaired) electrons. The normalized spacial score (nSPS) is 13.8. The second kappa shape index (κ2) is 13.0. The minimum atomic E-state index is -1.31. The van der Waals surface area contributed by atoms with Crippen LogP contribution in [0.1, 0.15) is 10.4 Å². The highest BCUT2D eigenvalue weighted by Crippen LogP contribution is 2.39. The topological polar surface area (TPSA) is 218 Å². The number of hydrazone groups is 1. The maximum absolute atomic E-state index is 11.6. The quantitative estimate of drug-likeness (QED) is 0.0443. The van der Waals surface area contributed by atoms with Gasteiger partial charge in [0.15, 0.2) is 5.78 Å². The number of hydrogen-bond acceptors (Lipinski definition) is 11. The summed E-state index contributed by atoms with van der Waals surface area (Å²) < 4.78 is 0. The predicted molar refractivity (Wildman–Crippen MR) is 170 cm³/mol. The summed E-state index contributed by atoms with van der Waals surface area (Å²) in [5, 5.41) is 39.1. The molecule has 13 heteroatoms. The molecule has 0 unspecified atom stereocenters. The molecule has 0 fully saturated rings. The second-order valence-electron chi connectivity index (χ2n) is 9.53. The van der Waals surface area contributed by atoms with Gasteiger partial charge in [0.1, 0.15) is 16.9 Å². The lowest BCUT2D eigenvalue weighted by atomic mass is 10.0. The number of allylic oxidation sites excluding steroid dienone is 3. The van der Waals surface area contributed by atoms with Crippen molar-refractivity contribution in [2.45, 2.75) is 0 Å². The fourth-order valence-corrected chi connectivity index (χ4v) is 4.08. The zero-order chi connectivity index (χ0) is 31.9. The molecule has 45 heavy (non-hydrogen) atoms.